The molecular formula is C51H101N2+. The summed E-state index contributed by atoms with van der Waals surface area (Å²) in [4.78, 5) is 3.79. The van der Waals surface area contributed by atoms with Crippen LogP contribution in [0.3, 0.4) is 0 Å². The lowest BCUT2D eigenvalue weighted by Crippen LogP contribution is -2.41. The first-order valence-corrected chi connectivity index (χ1v) is 25.3. The molecule has 0 aliphatic rings. The molecule has 314 valence electrons. The van der Waals surface area contributed by atoms with E-state index < -0.39 is 0 Å². The molecule has 2 heteroatoms. The molecule has 0 saturated carbocycles. The SMILES string of the molecule is CCCCCCCCCCCCCCCCCC(CCCCCCCCCCCCC)c1[nH]cc[n+]1C(C)CCCCCCCCCCCCCCC. The van der Waals surface area contributed by atoms with Gasteiger partial charge in [-0.3, -0.25) is 0 Å². The van der Waals surface area contributed by atoms with Crippen LogP contribution >= 0.6 is 0 Å². The molecule has 0 spiro atoms. The third-order valence-corrected chi connectivity index (χ3v) is 12.6. The molecule has 0 fully saturated rings. The zero-order valence-electron chi connectivity index (χ0n) is 37.5. The molecule has 0 radical (unpaired) electrons. The Balaban J connectivity index is 2.35. The van der Waals surface area contributed by atoms with E-state index in [-0.39, 0.29) is 0 Å². The Morgan fingerprint density at radius 1 is 0.358 bits per heavy atom. The Hall–Kier alpha value is -0.790. The number of nitrogens with one attached hydrogen (secondary N) is 1. The number of rotatable bonds is 44. The molecule has 1 N–H and O–H groups in total. The van der Waals surface area contributed by atoms with Crippen molar-refractivity contribution in [1.82, 2.24) is 4.98 Å². The van der Waals surface area contributed by atoms with Crippen molar-refractivity contribution >= 4 is 0 Å². The Labute approximate surface area is 336 Å². The van der Waals surface area contributed by atoms with Crippen molar-refractivity contribution in [2.24, 2.45) is 0 Å². The Kier molecular flexibility index (Phi) is 38.7. The fraction of sp³-hybridized carbons (Fsp3) is 0.941. The molecule has 1 aromatic rings. The van der Waals surface area contributed by atoms with Gasteiger partial charge in [0, 0.05) is 0 Å². The van der Waals surface area contributed by atoms with E-state index in [1.807, 2.05) is 0 Å². The molecule has 2 unspecified atom stereocenters. The van der Waals surface area contributed by atoms with Gasteiger partial charge in [-0.2, -0.15) is 0 Å². The molecule has 1 rings (SSSR count). The van der Waals surface area contributed by atoms with Crippen molar-refractivity contribution in [2.75, 3.05) is 0 Å². The summed E-state index contributed by atoms with van der Waals surface area (Å²) < 4.78 is 2.66. The predicted octanol–water partition coefficient (Wildman–Crippen LogP) is 18.4. The zero-order chi connectivity index (χ0) is 38.1. The number of H-pyrrole nitrogens is 1. The van der Waals surface area contributed by atoms with Crippen LogP contribution in [0.4, 0.5) is 0 Å². The number of nitrogens with zero attached hydrogens (tertiary/aromatic N) is 1. The fourth-order valence-corrected chi connectivity index (χ4v) is 8.90. The highest BCUT2D eigenvalue weighted by molar-refractivity contribution is 4.90. The molecule has 0 aromatic carbocycles. The molecule has 2 atom stereocenters. The maximum atomic E-state index is 3.79. The summed E-state index contributed by atoms with van der Waals surface area (Å²) in [6.45, 7) is 9.44. The minimum atomic E-state index is 0.616. The average Bonchev–Trinajstić information content (AvgIpc) is 3.66. The van der Waals surface area contributed by atoms with E-state index in [9.17, 15) is 0 Å². The summed E-state index contributed by atoms with van der Waals surface area (Å²) in [6, 6.07) is 0.616. The Morgan fingerprint density at radius 3 is 0.887 bits per heavy atom. The highest BCUT2D eigenvalue weighted by Gasteiger charge is 2.25. The minimum Gasteiger partial charge on any atom is -0.247 e. The van der Waals surface area contributed by atoms with Crippen molar-refractivity contribution in [3.05, 3.63) is 18.2 Å². The minimum absolute atomic E-state index is 0.616. The summed E-state index contributed by atoms with van der Waals surface area (Å²) in [5.41, 5.74) is 0. The number of hydrogen-bond donors (Lipinski definition) is 1. The molecule has 1 heterocycles. The van der Waals surface area contributed by atoms with Crippen LogP contribution in [-0.4, -0.2) is 4.98 Å². The van der Waals surface area contributed by atoms with E-state index in [1.165, 1.54) is 270 Å². The van der Waals surface area contributed by atoms with Crippen LogP contribution in [0, 0.1) is 0 Å². The van der Waals surface area contributed by atoms with Gasteiger partial charge >= 0.3 is 0 Å². The fourth-order valence-electron chi connectivity index (χ4n) is 8.90. The topological polar surface area (TPSA) is 19.7 Å². The van der Waals surface area contributed by atoms with Crippen LogP contribution in [0.1, 0.15) is 315 Å². The number of imidazole rings is 1. The maximum Gasteiger partial charge on any atom is 0.257 e. The van der Waals surface area contributed by atoms with Gasteiger partial charge in [-0.15, -0.1) is 0 Å². The lowest BCUT2D eigenvalue weighted by molar-refractivity contribution is -0.727. The number of aromatic amines is 1. The van der Waals surface area contributed by atoms with Crippen molar-refractivity contribution in [2.45, 2.75) is 309 Å². The summed E-state index contributed by atoms with van der Waals surface area (Å²) >= 11 is 0. The van der Waals surface area contributed by atoms with E-state index in [0.29, 0.717) is 12.0 Å². The average molecular weight is 742 g/mol. The second kappa shape index (κ2) is 40.9. The first kappa shape index (κ1) is 50.2. The molecule has 0 bridgehead atoms. The van der Waals surface area contributed by atoms with Gasteiger partial charge < -0.3 is 0 Å². The van der Waals surface area contributed by atoms with Gasteiger partial charge in [0.1, 0.15) is 12.4 Å². The van der Waals surface area contributed by atoms with E-state index in [4.69, 9.17) is 0 Å². The first-order valence-electron chi connectivity index (χ1n) is 25.3. The van der Waals surface area contributed by atoms with Crippen molar-refractivity contribution < 1.29 is 4.57 Å². The highest BCUT2D eigenvalue weighted by atomic mass is 15.1. The van der Waals surface area contributed by atoms with Crippen LogP contribution in [0.2, 0.25) is 0 Å². The standard InChI is InChI=1S/C51H100N2/c1-5-8-11-14-17-20-23-25-26-28-31-34-37-40-43-46-50(45-42-39-36-33-29-22-19-16-13-10-7-3)51-52-47-48-53(51)49(4)44-41-38-35-32-30-27-24-21-18-15-12-9-6-2/h47-50H,5-46H2,1-4H3/p+1. The van der Waals surface area contributed by atoms with Crippen molar-refractivity contribution in [3.8, 4) is 0 Å². The molecule has 2 nitrogen and oxygen atoms in total. The highest BCUT2D eigenvalue weighted by Crippen LogP contribution is 2.28. The third-order valence-electron chi connectivity index (χ3n) is 12.6. The molecule has 0 saturated heterocycles. The van der Waals surface area contributed by atoms with Crippen LogP contribution in [0.15, 0.2) is 12.4 Å². The van der Waals surface area contributed by atoms with Crippen LogP contribution in [-0.2, 0) is 0 Å². The Morgan fingerprint density at radius 2 is 0.604 bits per heavy atom. The second-order valence-electron chi connectivity index (χ2n) is 17.9. The van der Waals surface area contributed by atoms with Crippen LogP contribution in [0.25, 0.3) is 0 Å². The number of unbranched alkanes of at least 4 members (excludes halogenated alkanes) is 36. The quantitative estimate of drug-likeness (QED) is 0.0507. The smallest absolute Gasteiger partial charge is 0.247 e. The first-order chi connectivity index (χ1) is 26.2. The second-order valence-corrected chi connectivity index (χ2v) is 17.9. The van der Waals surface area contributed by atoms with E-state index in [1.54, 1.807) is 5.82 Å². The summed E-state index contributed by atoms with van der Waals surface area (Å²) in [6.07, 6.45) is 65.1. The third kappa shape index (κ3) is 32.0. The Bertz CT molecular complexity index is 813. The van der Waals surface area contributed by atoms with Gasteiger partial charge in [-0.25, -0.2) is 9.55 Å². The maximum absolute atomic E-state index is 3.79. The predicted molar refractivity (Wildman–Crippen MR) is 239 cm³/mol. The zero-order valence-corrected chi connectivity index (χ0v) is 37.5. The van der Waals surface area contributed by atoms with Crippen molar-refractivity contribution in [1.29, 1.82) is 0 Å². The summed E-state index contributed by atoms with van der Waals surface area (Å²) in [5, 5.41) is 0. The lowest BCUT2D eigenvalue weighted by Gasteiger charge is -2.17. The van der Waals surface area contributed by atoms with Gasteiger partial charge in [-0.05, 0) is 32.6 Å². The number of aromatic nitrogens is 2. The monoisotopic (exact) mass is 742 g/mol. The van der Waals surface area contributed by atoms with Crippen molar-refractivity contribution in [3.63, 3.8) is 0 Å². The molecular weight excluding hydrogens is 641 g/mol. The molecule has 53 heavy (non-hydrogen) atoms. The summed E-state index contributed by atoms with van der Waals surface area (Å²) in [5.74, 6) is 2.25. The van der Waals surface area contributed by atoms with E-state index >= 15 is 0 Å². The van der Waals surface area contributed by atoms with Gasteiger partial charge in [0.15, 0.2) is 0 Å². The molecule has 1 aromatic heterocycles. The van der Waals surface area contributed by atoms with E-state index in [2.05, 4.69) is 49.6 Å². The van der Waals surface area contributed by atoms with Gasteiger partial charge in [0.05, 0.1) is 12.0 Å². The summed E-state index contributed by atoms with van der Waals surface area (Å²) in [7, 11) is 0. The number of hydrogen-bond acceptors (Lipinski definition) is 0. The largest absolute Gasteiger partial charge is 0.257 e. The molecule has 0 amide bonds. The normalized spacial score (nSPS) is 12.9. The van der Waals surface area contributed by atoms with E-state index in [0.717, 1.165) is 0 Å². The molecule has 0 aliphatic heterocycles. The van der Waals surface area contributed by atoms with Gasteiger partial charge in [0.25, 0.3) is 5.82 Å². The lowest BCUT2D eigenvalue weighted by atomic mass is 9.92. The van der Waals surface area contributed by atoms with Crippen LogP contribution in [0.5, 0.6) is 0 Å². The molecule has 0 aliphatic carbocycles. The van der Waals surface area contributed by atoms with Gasteiger partial charge in [0.2, 0.25) is 0 Å². The van der Waals surface area contributed by atoms with Crippen LogP contribution < -0.4 is 4.57 Å². The van der Waals surface area contributed by atoms with Gasteiger partial charge in [-0.1, -0.05) is 265 Å².